The molecule has 1 unspecified atom stereocenters. The van der Waals surface area contributed by atoms with E-state index in [9.17, 15) is 14.4 Å². The first-order valence-corrected chi connectivity index (χ1v) is 29.9. The van der Waals surface area contributed by atoms with Crippen molar-refractivity contribution in [3.05, 3.63) is 109 Å². The van der Waals surface area contributed by atoms with Crippen LogP contribution in [-0.2, 0) is 28.6 Å². The smallest absolute Gasteiger partial charge is 0.306 e. The van der Waals surface area contributed by atoms with E-state index in [1.54, 1.807) is 0 Å². The Morgan fingerprint density at radius 2 is 0.542 bits per heavy atom. The molecule has 0 rings (SSSR count). The summed E-state index contributed by atoms with van der Waals surface area (Å²) in [6.07, 6.45) is 80.8. The van der Waals surface area contributed by atoms with E-state index < -0.39 is 6.10 Å². The molecule has 0 fully saturated rings. The Morgan fingerprint density at radius 1 is 0.292 bits per heavy atom. The molecule has 0 aliphatic carbocycles. The molecule has 0 aromatic rings. The Bertz CT molecular complexity index is 1470. The van der Waals surface area contributed by atoms with E-state index in [-0.39, 0.29) is 31.1 Å². The van der Waals surface area contributed by atoms with Crippen LogP contribution in [-0.4, -0.2) is 37.2 Å². The van der Waals surface area contributed by atoms with Crippen LogP contribution in [0.2, 0.25) is 0 Å². The maximum Gasteiger partial charge on any atom is 0.306 e. The van der Waals surface area contributed by atoms with Crippen molar-refractivity contribution in [3.63, 3.8) is 0 Å². The first-order valence-electron chi connectivity index (χ1n) is 29.9. The molecule has 0 amide bonds. The molecule has 0 bridgehead atoms. The molecule has 0 spiro atoms. The fourth-order valence-electron chi connectivity index (χ4n) is 8.00. The molecule has 0 N–H and O–H groups in total. The standard InChI is InChI=1S/C66H110O6/c1-4-7-10-13-16-19-22-25-27-29-31-32-33-34-36-37-39-41-44-47-50-53-56-59-65(68)71-62-63(61-70-64(67)58-55-52-49-46-43-24-21-18-15-12-9-6-3)72-66(69)60-57-54-51-48-45-42-40-38-35-30-28-26-23-20-17-14-11-8-5-2/h7,10,16-21,25-28,31-32,34,36,39,41,63H,4-6,8-9,11-15,22-24,29-30,33,35,37-38,40,42-62H2,1-3H3/b10-7-,19-16-,20-17-,21-18-,27-25-,28-26-,32-31-,36-34-,41-39-. The van der Waals surface area contributed by atoms with Gasteiger partial charge in [-0.15, -0.1) is 0 Å². The van der Waals surface area contributed by atoms with Gasteiger partial charge in [-0.3, -0.25) is 14.4 Å². The molecule has 0 heterocycles. The molecule has 0 saturated carbocycles. The van der Waals surface area contributed by atoms with Crippen LogP contribution in [0.3, 0.4) is 0 Å². The molecule has 72 heavy (non-hydrogen) atoms. The van der Waals surface area contributed by atoms with Crippen molar-refractivity contribution in [3.8, 4) is 0 Å². The van der Waals surface area contributed by atoms with Gasteiger partial charge in [0.25, 0.3) is 0 Å². The van der Waals surface area contributed by atoms with Gasteiger partial charge < -0.3 is 14.2 Å². The van der Waals surface area contributed by atoms with Crippen molar-refractivity contribution in [1.29, 1.82) is 0 Å². The predicted molar refractivity (Wildman–Crippen MR) is 311 cm³/mol. The summed E-state index contributed by atoms with van der Waals surface area (Å²) in [6.45, 7) is 6.45. The molecule has 0 aliphatic heterocycles. The van der Waals surface area contributed by atoms with Crippen LogP contribution in [0.15, 0.2) is 109 Å². The molecule has 0 aromatic heterocycles. The van der Waals surface area contributed by atoms with E-state index in [1.165, 1.54) is 103 Å². The Morgan fingerprint density at radius 3 is 0.861 bits per heavy atom. The summed E-state index contributed by atoms with van der Waals surface area (Å²) in [5.41, 5.74) is 0. The number of hydrogen-bond donors (Lipinski definition) is 0. The predicted octanol–water partition coefficient (Wildman–Crippen LogP) is 20.3. The summed E-state index contributed by atoms with van der Waals surface area (Å²) in [6, 6.07) is 0. The first-order chi connectivity index (χ1) is 35.5. The molecule has 0 radical (unpaired) electrons. The van der Waals surface area contributed by atoms with Crippen LogP contribution in [0.4, 0.5) is 0 Å². The zero-order chi connectivity index (χ0) is 52.2. The normalized spacial score (nSPS) is 12.9. The van der Waals surface area contributed by atoms with Gasteiger partial charge in [-0.05, 0) is 128 Å². The van der Waals surface area contributed by atoms with E-state index in [4.69, 9.17) is 14.2 Å². The highest BCUT2D eigenvalue weighted by molar-refractivity contribution is 5.71. The molecule has 6 heteroatoms. The summed E-state index contributed by atoms with van der Waals surface area (Å²) in [5, 5.41) is 0. The molecule has 1 atom stereocenters. The second-order valence-electron chi connectivity index (χ2n) is 19.5. The van der Waals surface area contributed by atoms with Crippen LogP contribution < -0.4 is 0 Å². The lowest BCUT2D eigenvalue weighted by Gasteiger charge is -2.18. The second kappa shape index (κ2) is 59.6. The molecule has 410 valence electrons. The molecule has 6 nitrogen and oxygen atoms in total. The minimum atomic E-state index is -0.797. The number of esters is 3. The summed E-state index contributed by atoms with van der Waals surface area (Å²) in [5.74, 6) is -0.929. The Labute approximate surface area is 444 Å². The van der Waals surface area contributed by atoms with Crippen LogP contribution >= 0.6 is 0 Å². The van der Waals surface area contributed by atoms with Crippen molar-refractivity contribution in [2.75, 3.05) is 13.2 Å². The van der Waals surface area contributed by atoms with Gasteiger partial charge in [0, 0.05) is 19.3 Å². The van der Waals surface area contributed by atoms with Crippen LogP contribution in [0, 0.1) is 0 Å². The van der Waals surface area contributed by atoms with Crippen molar-refractivity contribution in [2.45, 2.75) is 277 Å². The van der Waals surface area contributed by atoms with Crippen molar-refractivity contribution in [1.82, 2.24) is 0 Å². The molecule has 0 aliphatic rings. The van der Waals surface area contributed by atoms with Crippen LogP contribution in [0.1, 0.15) is 271 Å². The Kier molecular flexibility index (Phi) is 56.4. The first kappa shape index (κ1) is 68.1. The zero-order valence-corrected chi connectivity index (χ0v) is 46.9. The number of unbranched alkanes of at least 4 members (excludes halogenated alkanes) is 24. The molecular weight excluding hydrogens is 889 g/mol. The zero-order valence-electron chi connectivity index (χ0n) is 46.9. The second-order valence-corrected chi connectivity index (χ2v) is 19.5. The number of carbonyl (C=O) groups is 3. The monoisotopic (exact) mass is 999 g/mol. The third kappa shape index (κ3) is 57.0. The van der Waals surface area contributed by atoms with E-state index in [0.29, 0.717) is 19.3 Å². The lowest BCUT2D eigenvalue weighted by molar-refractivity contribution is -0.167. The Hall–Kier alpha value is -3.93. The summed E-state index contributed by atoms with van der Waals surface area (Å²) < 4.78 is 16.9. The quantitative estimate of drug-likeness (QED) is 0.0261. The maximum atomic E-state index is 12.9. The highest BCUT2D eigenvalue weighted by Gasteiger charge is 2.19. The topological polar surface area (TPSA) is 78.9 Å². The van der Waals surface area contributed by atoms with Crippen molar-refractivity contribution in [2.24, 2.45) is 0 Å². The van der Waals surface area contributed by atoms with Crippen molar-refractivity contribution >= 4 is 17.9 Å². The highest BCUT2D eigenvalue weighted by atomic mass is 16.6. The van der Waals surface area contributed by atoms with E-state index >= 15 is 0 Å². The van der Waals surface area contributed by atoms with Gasteiger partial charge in [0.2, 0.25) is 0 Å². The van der Waals surface area contributed by atoms with Gasteiger partial charge in [0.05, 0.1) is 0 Å². The molecule has 0 saturated heterocycles. The van der Waals surface area contributed by atoms with Crippen LogP contribution in [0.25, 0.3) is 0 Å². The van der Waals surface area contributed by atoms with E-state index in [0.717, 1.165) is 128 Å². The van der Waals surface area contributed by atoms with E-state index in [1.807, 2.05) is 0 Å². The van der Waals surface area contributed by atoms with Gasteiger partial charge in [-0.2, -0.15) is 0 Å². The lowest BCUT2D eigenvalue weighted by atomic mass is 10.1. The maximum absolute atomic E-state index is 12.9. The Balaban J connectivity index is 4.42. The lowest BCUT2D eigenvalue weighted by Crippen LogP contribution is -2.30. The third-order valence-electron chi connectivity index (χ3n) is 12.5. The van der Waals surface area contributed by atoms with Gasteiger partial charge >= 0.3 is 17.9 Å². The van der Waals surface area contributed by atoms with Gasteiger partial charge in [0.15, 0.2) is 6.10 Å². The summed E-state index contributed by atoms with van der Waals surface area (Å²) in [4.78, 5) is 38.2. The van der Waals surface area contributed by atoms with Gasteiger partial charge in [-0.1, -0.05) is 233 Å². The average Bonchev–Trinajstić information content (AvgIpc) is 3.38. The summed E-state index contributed by atoms with van der Waals surface area (Å²) >= 11 is 0. The number of ether oxygens (including phenoxy) is 3. The fourth-order valence-corrected chi connectivity index (χ4v) is 8.00. The SMILES string of the molecule is CC/C=C\C/C=C\C/C=C\C/C=C\C/C=C\C/C=C\CCCCCCC(=O)OCC(COC(=O)CCCCCCC/C=C\CCCCC)OC(=O)CCCCCCCCCCC/C=C\C/C=C\CCCCC. The van der Waals surface area contributed by atoms with Gasteiger partial charge in [0.1, 0.15) is 13.2 Å². The minimum Gasteiger partial charge on any atom is -0.462 e. The number of allylic oxidation sites excluding steroid dienone is 18. The van der Waals surface area contributed by atoms with Crippen LogP contribution in [0.5, 0.6) is 0 Å². The van der Waals surface area contributed by atoms with Gasteiger partial charge in [-0.25, -0.2) is 0 Å². The number of carbonyl (C=O) groups excluding carboxylic acids is 3. The van der Waals surface area contributed by atoms with Crippen molar-refractivity contribution < 1.29 is 28.6 Å². The largest absolute Gasteiger partial charge is 0.462 e. The highest BCUT2D eigenvalue weighted by Crippen LogP contribution is 2.15. The van der Waals surface area contributed by atoms with E-state index in [2.05, 4.69) is 130 Å². The summed E-state index contributed by atoms with van der Waals surface area (Å²) in [7, 11) is 0. The minimum absolute atomic E-state index is 0.0934. The number of rotatable bonds is 53. The average molecular weight is 1000 g/mol. The molecular formula is C66H110O6. The number of hydrogen-bond acceptors (Lipinski definition) is 6. The fraction of sp³-hybridized carbons (Fsp3) is 0.682. The third-order valence-corrected chi connectivity index (χ3v) is 12.5. The molecule has 0 aromatic carbocycles.